The van der Waals surface area contributed by atoms with E-state index in [0.717, 1.165) is 0 Å². The molecular weight excluding hydrogens is 358 g/mol. The van der Waals surface area contributed by atoms with Gasteiger partial charge in [-0.1, -0.05) is 0 Å². The maximum absolute atomic E-state index is 11.5. The Bertz CT molecular complexity index is 480. The molecule has 3 heterocycles. The van der Waals surface area contributed by atoms with E-state index in [1.807, 2.05) is 0 Å². The highest BCUT2D eigenvalue weighted by molar-refractivity contribution is 7.82. The van der Waals surface area contributed by atoms with Gasteiger partial charge in [0.15, 0.2) is 0 Å². The van der Waals surface area contributed by atoms with Crippen LogP contribution in [0.2, 0.25) is 0 Å². The quantitative estimate of drug-likeness (QED) is 0.529. The smallest absolute Gasteiger partial charge is 0.307 e. The molecule has 0 atom stereocenters. The van der Waals surface area contributed by atoms with Gasteiger partial charge in [-0.15, -0.1) is 0 Å². The fourth-order valence-electron chi connectivity index (χ4n) is 1.36. The SMILES string of the molecule is FP1OCCO1.O=S1(=O)OCC2(CO1)COS(=O)(=O)OC2. The maximum atomic E-state index is 11.5. The molecule has 3 aliphatic rings. The molecule has 0 unspecified atom stereocenters. The van der Waals surface area contributed by atoms with Gasteiger partial charge in [-0.05, 0) is 0 Å². The van der Waals surface area contributed by atoms with Gasteiger partial charge in [-0.2, -0.15) is 21.0 Å². The molecule has 3 saturated heterocycles. The molecule has 0 N–H and O–H groups in total. The average Bonchev–Trinajstić information content (AvgIpc) is 2.89. The zero-order valence-electron chi connectivity index (χ0n) is 10.5. The van der Waals surface area contributed by atoms with Crippen molar-refractivity contribution in [1.29, 1.82) is 0 Å². The first-order valence-corrected chi connectivity index (χ1v) is 9.25. The van der Waals surface area contributed by atoms with E-state index in [2.05, 4.69) is 25.8 Å². The lowest BCUT2D eigenvalue weighted by Gasteiger charge is -2.36. The second kappa shape index (κ2) is 6.64. The summed E-state index contributed by atoms with van der Waals surface area (Å²) < 4.78 is 80.9. The Labute approximate surface area is 122 Å². The number of hydrogen-bond donors (Lipinski definition) is 0. The lowest BCUT2D eigenvalue weighted by Crippen LogP contribution is -2.50. The Morgan fingerprint density at radius 3 is 1.33 bits per heavy atom. The average molecular weight is 370 g/mol. The first-order valence-electron chi connectivity index (χ1n) is 5.51. The van der Waals surface area contributed by atoms with Crippen molar-refractivity contribution < 1.29 is 46.8 Å². The second-order valence-electron chi connectivity index (χ2n) is 4.24. The first kappa shape index (κ1) is 17.4. The van der Waals surface area contributed by atoms with Gasteiger partial charge in [0.25, 0.3) is 0 Å². The maximum Gasteiger partial charge on any atom is 0.399 e. The molecule has 0 radical (unpaired) electrons. The minimum absolute atomic E-state index is 0.217. The molecule has 0 aromatic rings. The standard InChI is InChI=1S/C5H8O8S2.C2H4FO2P/c6-14(7)10-1-5(2-11-14)3-12-15(8,9)13-4-5;3-6-4-1-2-5-6/h1-4H2;1-2H2. The summed E-state index contributed by atoms with van der Waals surface area (Å²) in [7, 11) is -9.86. The minimum atomic E-state index is -3.95. The molecule has 124 valence electrons. The Hall–Kier alpha value is 0.0200. The summed E-state index contributed by atoms with van der Waals surface area (Å²) in [5.74, 6) is 0. The molecule has 0 aromatic carbocycles. The minimum Gasteiger partial charge on any atom is -0.307 e. The van der Waals surface area contributed by atoms with E-state index in [0.29, 0.717) is 13.2 Å². The molecule has 14 heteroatoms. The van der Waals surface area contributed by atoms with Crippen LogP contribution in [0.15, 0.2) is 0 Å². The van der Waals surface area contributed by atoms with Gasteiger partial charge < -0.3 is 9.05 Å². The zero-order valence-corrected chi connectivity index (χ0v) is 13.0. The molecule has 0 aliphatic carbocycles. The Balaban J connectivity index is 0.000000225. The van der Waals surface area contributed by atoms with Crippen LogP contribution in [-0.4, -0.2) is 56.5 Å². The van der Waals surface area contributed by atoms with E-state index >= 15 is 0 Å². The van der Waals surface area contributed by atoms with Gasteiger partial charge in [-0.3, -0.25) is 0 Å². The van der Waals surface area contributed by atoms with Crippen LogP contribution in [-0.2, 0) is 46.6 Å². The molecule has 1 spiro atoms. The molecule has 0 aromatic heterocycles. The first-order chi connectivity index (χ1) is 9.72. The highest BCUT2D eigenvalue weighted by atomic mass is 32.3. The highest BCUT2D eigenvalue weighted by Gasteiger charge is 2.45. The molecular formula is C7H12FO10PS2. The zero-order chi connectivity index (χ0) is 15.6. The van der Waals surface area contributed by atoms with Crippen molar-refractivity contribution in [2.75, 3.05) is 39.6 Å². The van der Waals surface area contributed by atoms with Crippen LogP contribution in [0.3, 0.4) is 0 Å². The molecule has 3 fully saturated rings. The summed E-state index contributed by atoms with van der Waals surface area (Å²) in [5.41, 5.74) is -0.878. The van der Waals surface area contributed by atoms with Crippen LogP contribution in [0.25, 0.3) is 0 Å². The molecule has 0 bridgehead atoms. The number of hydrogen-bond acceptors (Lipinski definition) is 10. The van der Waals surface area contributed by atoms with E-state index < -0.39 is 34.9 Å². The summed E-state index contributed by atoms with van der Waals surface area (Å²) in [5, 5.41) is 0. The molecule has 10 nitrogen and oxygen atoms in total. The Kier molecular flexibility index (Phi) is 5.50. The van der Waals surface area contributed by atoms with Gasteiger partial charge >= 0.3 is 29.5 Å². The predicted octanol–water partition coefficient (Wildman–Crippen LogP) is -0.214. The van der Waals surface area contributed by atoms with Crippen LogP contribution in [0.5, 0.6) is 0 Å². The van der Waals surface area contributed by atoms with Gasteiger partial charge in [0, 0.05) is 0 Å². The van der Waals surface area contributed by atoms with E-state index in [-0.39, 0.29) is 26.4 Å². The lowest BCUT2D eigenvalue weighted by molar-refractivity contribution is -0.0598. The fourth-order valence-corrected chi connectivity index (χ4v) is 3.59. The van der Waals surface area contributed by atoms with Crippen molar-refractivity contribution in [2.24, 2.45) is 5.41 Å². The Morgan fingerprint density at radius 2 is 1.10 bits per heavy atom. The van der Waals surface area contributed by atoms with Gasteiger partial charge in [-0.25, -0.2) is 16.7 Å². The second-order valence-corrected chi connectivity index (χ2v) is 7.76. The third kappa shape index (κ3) is 5.30. The molecule has 21 heavy (non-hydrogen) atoms. The molecule has 3 rings (SSSR count). The van der Waals surface area contributed by atoms with Crippen molar-refractivity contribution in [3.63, 3.8) is 0 Å². The third-order valence-corrected chi connectivity index (χ3v) is 4.90. The van der Waals surface area contributed by atoms with Crippen LogP contribution in [0, 0.1) is 5.41 Å². The van der Waals surface area contributed by atoms with Crippen molar-refractivity contribution in [2.45, 2.75) is 0 Å². The van der Waals surface area contributed by atoms with Gasteiger partial charge in [0.05, 0.1) is 45.1 Å². The number of halogens is 1. The predicted molar refractivity (Wildman–Crippen MR) is 64.0 cm³/mol. The molecule has 3 aliphatic heterocycles. The topological polar surface area (TPSA) is 124 Å². The number of rotatable bonds is 0. The Morgan fingerprint density at radius 1 is 0.762 bits per heavy atom. The molecule has 0 saturated carbocycles. The van der Waals surface area contributed by atoms with Gasteiger partial charge in [0.2, 0.25) is 0 Å². The van der Waals surface area contributed by atoms with Crippen LogP contribution in [0.4, 0.5) is 4.20 Å². The monoisotopic (exact) mass is 370 g/mol. The highest BCUT2D eigenvalue weighted by Crippen LogP contribution is 2.43. The van der Waals surface area contributed by atoms with E-state index in [1.165, 1.54) is 0 Å². The van der Waals surface area contributed by atoms with Crippen molar-refractivity contribution >= 4 is 29.5 Å². The van der Waals surface area contributed by atoms with E-state index in [1.54, 1.807) is 0 Å². The summed E-state index contributed by atoms with van der Waals surface area (Å²) in [4.78, 5) is 0. The van der Waals surface area contributed by atoms with Crippen molar-refractivity contribution in [1.82, 2.24) is 0 Å². The van der Waals surface area contributed by atoms with Crippen LogP contribution < -0.4 is 0 Å². The summed E-state index contributed by atoms with van der Waals surface area (Å²) in [6, 6.07) is 0. The van der Waals surface area contributed by atoms with Crippen molar-refractivity contribution in [3.8, 4) is 0 Å². The summed E-state index contributed by atoms with van der Waals surface area (Å²) >= 11 is 0. The summed E-state index contributed by atoms with van der Waals surface area (Å²) in [6.07, 6.45) is 0. The van der Waals surface area contributed by atoms with Crippen molar-refractivity contribution in [3.05, 3.63) is 0 Å². The van der Waals surface area contributed by atoms with E-state index in [9.17, 15) is 21.0 Å². The largest absolute Gasteiger partial charge is 0.399 e. The summed E-state index contributed by atoms with van der Waals surface area (Å²) in [6.45, 7) is -0.0319. The lowest BCUT2D eigenvalue weighted by atomic mass is 9.93. The van der Waals surface area contributed by atoms with Gasteiger partial charge in [0.1, 0.15) is 0 Å². The van der Waals surface area contributed by atoms with E-state index in [4.69, 9.17) is 0 Å². The normalized spacial score (nSPS) is 30.5. The van der Waals surface area contributed by atoms with Crippen LogP contribution in [0.1, 0.15) is 0 Å². The van der Waals surface area contributed by atoms with Crippen LogP contribution >= 0.6 is 8.69 Å². The molecule has 0 amide bonds. The third-order valence-electron chi connectivity index (χ3n) is 2.51. The fraction of sp³-hybridized carbons (Fsp3) is 1.00.